The standard InChI is InChI=1S/C22H24F7NO/c1-11(12-2-3-12)30-19(31)18-9-8-16-15-7-5-14(10-13(15)4-6-17(16)18)20(23,21(24,25)26)22(27,28)29/h5,7,10-12,16-18H,2-4,6,8-9H2,1H3,(H,30,31)/t11?,16?,17?,18-/m1/s1. The molecule has 2 saturated carbocycles. The molecule has 0 bridgehead atoms. The van der Waals surface area contributed by atoms with E-state index in [1.165, 1.54) is 6.07 Å². The summed E-state index contributed by atoms with van der Waals surface area (Å²) in [5, 5.41) is 3.06. The zero-order chi connectivity index (χ0) is 22.8. The Bertz CT molecular complexity index is 844. The van der Waals surface area contributed by atoms with Crippen LogP contribution in [0.3, 0.4) is 0 Å². The normalized spacial score (nSPS) is 27.4. The van der Waals surface area contributed by atoms with Crippen molar-refractivity contribution in [3.63, 3.8) is 0 Å². The summed E-state index contributed by atoms with van der Waals surface area (Å²) in [6.07, 6.45) is -8.09. The number of alkyl halides is 7. The van der Waals surface area contributed by atoms with Crippen LogP contribution in [-0.2, 0) is 16.9 Å². The van der Waals surface area contributed by atoms with Gasteiger partial charge < -0.3 is 5.32 Å². The average molecular weight is 451 g/mol. The van der Waals surface area contributed by atoms with Gasteiger partial charge in [-0.3, -0.25) is 4.79 Å². The fraction of sp³-hybridized carbons (Fsp3) is 0.682. The third-order valence-corrected chi connectivity index (χ3v) is 7.33. The highest BCUT2D eigenvalue weighted by Crippen LogP contribution is 2.55. The Morgan fingerprint density at radius 2 is 1.61 bits per heavy atom. The molecular formula is C22H24F7NO. The highest BCUT2D eigenvalue weighted by Gasteiger charge is 2.73. The number of fused-ring (bicyclic) bond motifs is 3. The summed E-state index contributed by atoms with van der Waals surface area (Å²) in [4.78, 5) is 12.8. The molecule has 0 saturated heterocycles. The van der Waals surface area contributed by atoms with Crippen LogP contribution < -0.4 is 5.32 Å². The number of rotatable bonds is 4. The lowest BCUT2D eigenvalue weighted by Crippen LogP contribution is -2.50. The number of benzene rings is 1. The monoisotopic (exact) mass is 451 g/mol. The molecule has 3 unspecified atom stereocenters. The van der Waals surface area contributed by atoms with Crippen molar-refractivity contribution in [1.82, 2.24) is 5.32 Å². The van der Waals surface area contributed by atoms with Crippen molar-refractivity contribution in [2.45, 2.75) is 75.4 Å². The largest absolute Gasteiger partial charge is 0.435 e. The van der Waals surface area contributed by atoms with Gasteiger partial charge in [0.2, 0.25) is 5.91 Å². The quantitative estimate of drug-likeness (QED) is 0.564. The van der Waals surface area contributed by atoms with Gasteiger partial charge in [0.05, 0.1) is 0 Å². The molecule has 1 amide bonds. The molecule has 31 heavy (non-hydrogen) atoms. The van der Waals surface area contributed by atoms with Crippen molar-refractivity contribution in [3.8, 4) is 0 Å². The predicted molar refractivity (Wildman–Crippen MR) is 98.9 cm³/mol. The molecule has 4 atom stereocenters. The van der Waals surface area contributed by atoms with E-state index in [0.29, 0.717) is 42.4 Å². The van der Waals surface area contributed by atoms with E-state index in [2.05, 4.69) is 5.32 Å². The molecule has 4 rings (SSSR count). The van der Waals surface area contributed by atoms with Gasteiger partial charge in [-0.1, -0.05) is 18.2 Å². The summed E-state index contributed by atoms with van der Waals surface area (Å²) in [6, 6.07) is 2.62. The van der Waals surface area contributed by atoms with Crippen molar-refractivity contribution < 1.29 is 35.5 Å². The average Bonchev–Trinajstić information content (AvgIpc) is 3.43. The summed E-state index contributed by atoms with van der Waals surface area (Å²) in [5.74, 6) is 0.143. The van der Waals surface area contributed by atoms with Crippen LogP contribution in [0, 0.1) is 17.8 Å². The van der Waals surface area contributed by atoms with Gasteiger partial charge >= 0.3 is 18.0 Å². The zero-order valence-electron chi connectivity index (χ0n) is 16.9. The third kappa shape index (κ3) is 3.71. The molecule has 9 heteroatoms. The fourth-order valence-electron chi connectivity index (χ4n) is 5.44. The number of hydrogen-bond acceptors (Lipinski definition) is 1. The van der Waals surface area contributed by atoms with Crippen molar-refractivity contribution in [2.24, 2.45) is 17.8 Å². The molecule has 1 aromatic carbocycles. The third-order valence-electron chi connectivity index (χ3n) is 7.33. The first-order valence-electron chi connectivity index (χ1n) is 10.6. The molecule has 0 radical (unpaired) electrons. The first-order chi connectivity index (χ1) is 14.3. The molecule has 0 aromatic heterocycles. The first kappa shape index (κ1) is 22.4. The van der Waals surface area contributed by atoms with Crippen LogP contribution in [0.25, 0.3) is 0 Å². The number of carbonyl (C=O) groups excluding carboxylic acids is 1. The van der Waals surface area contributed by atoms with Gasteiger partial charge in [0.1, 0.15) is 0 Å². The second kappa shape index (κ2) is 7.37. The molecule has 1 N–H and O–H groups in total. The van der Waals surface area contributed by atoms with E-state index in [1.807, 2.05) is 6.92 Å². The van der Waals surface area contributed by atoms with Gasteiger partial charge in [-0.15, -0.1) is 0 Å². The molecule has 2 nitrogen and oxygen atoms in total. The number of halogens is 7. The van der Waals surface area contributed by atoms with Crippen molar-refractivity contribution in [2.75, 3.05) is 0 Å². The smallest absolute Gasteiger partial charge is 0.353 e. The lowest BCUT2D eigenvalue weighted by atomic mass is 9.73. The fourth-order valence-corrected chi connectivity index (χ4v) is 5.44. The van der Waals surface area contributed by atoms with Crippen LogP contribution >= 0.6 is 0 Å². The summed E-state index contributed by atoms with van der Waals surface area (Å²) in [7, 11) is 0. The highest BCUT2D eigenvalue weighted by molar-refractivity contribution is 5.80. The Balaban J connectivity index is 1.58. The molecular weight excluding hydrogens is 427 g/mol. The second-order valence-corrected chi connectivity index (χ2v) is 9.20. The van der Waals surface area contributed by atoms with Crippen LogP contribution in [0.1, 0.15) is 61.6 Å². The minimum Gasteiger partial charge on any atom is -0.353 e. The van der Waals surface area contributed by atoms with Gasteiger partial charge in [0.15, 0.2) is 0 Å². The molecule has 172 valence electrons. The summed E-state index contributed by atoms with van der Waals surface area (Å²) >= 11 is 0. The molecule has 0 heterocycles. The number of hydrogen-bond donors (Lipinski definition) is 1. The lowest BCUT2D eigenvalue weighted by Gasteiger charge is -2.34. The van der Waals surface area contributed by atoms with Gasteiger partial charge in [-0.05, 0) is 74.3 Å². The molecule has 0 aliphatic heterocycles. The van der Waals surface area contributed by atoms with E-state index in [9.17, 15) is 35.5 Å². The maximum atomic E-state index is 14.4. The van der Waals surface area contributed by atoms with E-state index in [-0.39, 0.29) is 36.1 Å². The van der Waals surface area contributed by atoms with Gasteiger partial charge in [0.25, 0.3) is 0 Å². The van der Waals surface area contributed by atoms with E-state index in [1.54, 1.807) is 0 Å². The van der Waals surface area contributed by atoms with Crippen LogP contribution in [0.4, 0.5) is 30.7 Å². The number of aryl methyl sites for hydroxylation is 1. The minimum absolute atomic E-state index is 0.00915. The molecule has 3 aliphatic carbocycles. The first-order valence-corrected chi connectivity index (χ1v) is 10.6. The van der Waals surface area contributed by atoms with Crippen LogP contribution in [0.2, 0.25) is 0 Å². The maximum absolute atomic E-state index is 14.4. The second-order valence-electron chi connectivity index (χ2n) is 9.20. The minimum atomic E-state index is -6.12. The Labute approximate surface area is 175 Å². The predicted octanol–water partition coefficient (Wildman–Crippen LogP) is 5.95. The van der Waals surface area contributed by atoms with E-state index in [4.69, 9.17) is 0 Å². The molecule has 3 aliphatic rings. The highest BCUT2D eigenvalue weighted by atomic mass is 19.4. The van der Waals surface area contributed by atoms with Crippen molar-refractivity contribution in [3.05, 3.63) is 34.9 Å². The molecule has 0 spiro atoms. The Kier molecular flexibility index (Phi) is 5.33. The summed E-state index contributed by atoms with van der Waals surface area (Å²) < 4.78 is 93.0. The molecule has 1 aromatic rings. The number of nitrogens with one attached hydrogen (secondary N) is 1. The van der Waals surface area contributed by atoms with Crippen LogP contribution in [0.15, 0.2) is 18.2 Å². The van der Waals surface area contributed by atoms with E-state index < -0.39 is 23.6 Å². The Morgan fingerprint density at radius 3 is 2.19 bits per heavy atom. The number of carbonyl (C=O) groups is 1. The van der Waals surface area contributed by atoms with Gasteiger partial charge in [0, 0.05) is 17.5 Å². The molecule has 2 fully saturated rings. The maximum Gasteiger partial charge on any atom is 0.435 e. The van der Waals surface area contributed by atoms with Gasteiger partial charge in [-0.2, -0.15) is 26.3 Å². The Hall–Kier alpha value is -1.80. The van der Waals surface area contributed by atoms with E-state index >= 15 is 0 Å². The number of amides is 1. The van der Waals surface area contributed by atoms with Crippen LogP contribution in [-0.4, -0.2) is 24.3 Å². The van der Waals surface area contributed by atoms with Crippen LogP contribution in [0.5, 0.6) is 0 Å². The summed E-state index contributed by atoms with van der Waals surface area (Å²) in [5.41, 5.74) is -5.91. The zero-order valence-corrected chi connectivity index (χ0v) is 16.9. The SMILES string of the molecule is CC(NC(=O)[C@@H]1CCC2c3ccc(C(F)(C(F)(F)F)C(F)(F)F)cc3CCC21)C1CC1. The topological polar surface area (TPSA) is 29.1 Å². The lowest BCUT2D eigenvalue weighted by molar-refractivity contribution is -0.348. The van der Waals surface area contributed by atoms with Crippen molar-refractivity contribution >= 4 is 5.91 Å². The summed E-state index contributed by atoms with van der Waals surface area (Å²) in [6.45, 7) is 1.98. The van der Waals surface area contributed by atoms with Gasteiger partial charge in [-0.25, -0.2) is 4.39 Å². The van der Waals surface area contributed by atoms with E-state index in [0.717, 1.165) is 18.9 Å². The van der Waals surface area contributed by atoms with Crippen molar-refractivity contribution in [1.29, 1.82) is 0 Å². The Morgan fingerprint density at radius 1 is 0.968 bits per heavy atom.